The molecule has 0 saturated carbocycles. The second kappa shape index (κ2) is 3.05. The van der Waals surface area contributed by atoms with E-state index in [0.29, 0.717) is 0 Å². The number of morpholine rings is 1. The Morgan fingerprint density at radius 3 is 2.80 bits per heavy atom. The van der Waals surface area contributed by atoms with Crippen LogP contribution in [0, 0.1) is 0 Å². The van der Waals surface area contributed by atoms with Crippen LogP contribution < -0.4 is 5.32 Å². The van der Waals surface area contributed by atoms with Crippen molar-refractivity contribution in [2.24, 2.45) is 0 Å². The molecule has 2 rings (SSSR count). The Morgan fingerprint density at radius 2 is 2.20 bits per heavy atom. The van der Waals surface area contributed by atoms with Gasteiger partial charge in [0.15, 0.2) is 0 Å². The first-order chi connectivity index (χ1) is 4.36. The summed E-state index contributed by atoms with van der Waals surface area (Å²) in [6.07, 6.45) is 0.949. The lowest BCUT2D eigenvalue weighted by molar-refractivity contribution is -0.0108. The van der Waals surface area contributed by atoms with Gasteiger partial charge in [0.25, 0.3) is 0 Å². The third-order valence-corrected chi connectivity index (χ3v) is 2.02. The second-order valence-electron chi connectivity index (χ2n) is 2.76. The number of hydrogen-bond acceptors (Lipinski definition) is 3. The first-order valence-corrected chi connectivity index (χ1v) is 3.40. The first kappa shape index (κ1) is 8.27. The van der Waals surface area contributed by atoms with Gasteiger partial charge in [-0.15, -0.1) is 12.4 Å². The molecule has 2 fully saturated rings. The molecule has 60 valence electrons. The fraction of sp³-hybridized carbons (Fsp3) is 1.00. The average Bonchev–Trinajstić information content (AvgIpc) is 2.09. The van der Waals surface area contributed by atoms with E-state index in [2.05, 4.69) is 5.32 Å². The van der Waals surface area contributed by atoms with Crippen LogP contribution in [0.4, 0.5) is 0 Å². The SMILES string of the molecule is Cl.O[C@@H]1C[C@@H]2CNC[C@H]1O2. The maximum atomic E-state index is 9.23. The van der Waals surface area contributed by atoms with Gasteiger partial charge in [0.2, 0.25) is 0 Å². The molecule has 3 atom stereocenters. The van der Waals surface area contributed by atoms with Crippen LogP contribution in [0.5, 0.6) is 0 Å². The zero-order chi connectivity index (χ0) is 6.27. The van der Waals surface area contributed by atoms with Crippen LogP contribution in [-0.4, -0.2) is 36.5 Å². The molecule has 0 aromatic heterocycles. The molecule has 0 aromatic carbocycles. The summed E-state index contributed by atoms with van der Waals surface area (Å²) in [5.74, 6) is 0. The molecule has 0 aliphatic carbocycles. The van der Waals surface area contributed by atoms with Crippen LogP contribution in [0.25, 0.3) is 0 Å². The Balaban J connectivity index is 0.000000500. The summed E-state index contributed by atoms with van der Waals surface area (Å²) in [5.41, 5.74) is 0. The number of fused-ring (bicyclic) bond motifs is 2. The minimum atomic E-state index is -0.218. The minimum absolute atomic E-state index is 0. The van der Waals surface area contributed by atoms with E-state index in [1.165, 1.54) is 0 Å². The van der Waals surface area contributed by atoms with E-state index < -0.39 is 0 Å². The Hall–Kier alpha value is 0.170. The number of rotatable bonds is 0. The molecule has 0 aromatic rings. The number of aliphatic hydroxyl groups excluding tert-OH is 1. The molecule has 2 aliphatic rings. The Bertz CT molecular complexity index is 120. The van der Waals surface area contributed by atoms with Crippen molar-refractivity contribution in [1.82, 2.24) is 5.32 Å². The van der Waals surface area contributed by atoms with Crippen LogP contribution in [0.3, 0.4) is 0 Å². The lowest BCUT2D eigenvalue weighted by Crippen LogP contribution is -2.40. The monoisotopic (exact) mass is 165 g/mol. The van der Waals surface area contributed by atoms with Gasteiger partial charge in [0, 0.05) is 19.5 Å². The molecule has 2 N–H and O–H groups in total. The average molecular weight is 166 g/mol. The van der Waals surface area contributed by atoms with Gasteiger partial charge in [-0.2, -0.15) is 0 Å². The fourth-order valence-corrected chi connectivity index (χ4v) is 1.52. The Morgan fingerprint density at radius 1 is 1.40 bits per heavy atom. The molecule has 2 aliphatic heterocycles. The van der Waals surface area contributed by atoms with Gasteiger partial charge in [0.1, 0.15) is 0 Å². The molecule has 0 spiro atoms. The second-order valence-corrected chi connectivity index (χ2v) is 2.76. The first-order valence-electron chi connectivity index (χ1n) is 3.40. The van der Waals surface area contributed by atoms with Gasteiger partial charge in [-0.05, 0) is 0 Å². The van der Waals surface area contributed by atoms with Gasteiger partial charge in [-0.3, -0.25) is 0 Å². The highest BCUT2D eigenvalue weighted by Crippen LogP contribution is 2.22. The largest absolute Gasteiger partial charge is 0.390 e. The highest BCUT2D eigenvalue weighted by atomic mass is 35.5. The lowest BCUT2D eigenvalue weighted by atomic mass is 10.2. The summed E-state index contributed by atoms with van der Waals surface area (Å²) in [7, 11) is 0. The standard InChI is InChI=1S/C6H11NO2.ClH/c8-5-1-4-2-7-3-6(5)9-4;/h4-8H,1-3H2;1H/t4-,5-,6-;/m1./s1. The maximum absolute atomic E-state index is 9.23. The van der Waals surface area contributed by atoms with Gasteiger partial charge in [0.05, 0.1) is 18.3 Å². The molecule has 0 amide bonds. The van der Waals surface area contributed by atoms with Gasteiger partial charge in [-0.25, -0.2) is 0 Å². The number of ether oxygens (including phenoxy) is 1. The molecule has 2 heterocycles. The molecule has 0 unspecified atom stereocenters. The molecule has 3 nitrogen and oxygen atoms in total. The van der Waals surface area contributed by atoms with Crippen molar-refractivity contribution in [2.45, 2.75) is 24.7 Å². The van der Waals surface area contributed by atoms with Crippen LogP contribution in [-0.2, 0) is 4.74 Å². The van der Waals surface area contributed by atoms with Crippen molar-refractivity contribution in [3.05, 3.63) is 0 Å². The zero-order valence-electron chi connectivity index (χ0n) is 5.62. The molecule has 2 saturated heterocycles. The molecular weight excluding hydrogens is 154 g/mol. The number of nitrogens with one attached hydrogen (secondary N) is 1. The summed E-state index contributed by atoms with van der Waals surface area (Å²) < 4.78 is 5.40. The molecule has 10 heavy (non-hydrogen) atoms. The summed E-state index contributed by atoms with van der Waals surface area (Å²) in [6, 6.07) is 0. The number of hydrogen-bond donors (Lipinski definition) is 2. The van der Waals surface area contributed by atoms with Crippen molar-refractivity contribution in [3.8, 4) is 0 Å². The van der Waals surface area contributed by atoms with E-state index in [1.54, 1.807) is 0 Å². The van der Waals surface area contributed by atoms with Crippen molar-refractivity contribution in [1.29, 1.82) is 0 Å². The molecular formula is C6H12ClNO2. The van der Waals surface area contributed by atoms with Crippen LogP contribution in [0.1, 0.15) is 6.42 Å². The molecule has 4 heteroatoms. The van der Waals surface area contributed by atoms with E-state index in [4.69, 9.17) is 4.74 Å². The Kier molecular flexibility index (Phi) is 2.52. The van der Waals surface area contributed by atoms with Crippen molar-refractivity contribution in [3.63, 3.8) is 0 Å². The third kappa shape index (κ3) is 1.27. The quantitative estimate of drug-likeness (QED) is 0.510. The molecule has 0 radical (unpaired) electrons. The summed E-state index contributed by atoms with van der Waals surface area (Å²) in [6.45, 7) is 1.73. The van der Waals surface area contributed by atoms with E-state index in [1.807, 2.05) is 0 Å². The topological polar surface area (TPSA) is 41.5 Å². The predicted molar refractivity (Wildman–Crippen MR) is 39.4 cm³/mol. The fourth-order valence-electron chi connectivity index (χ4n) is 1.52. The van der Waals surface area contributed by atoms with Gasteiger partial charge in [-0.1, -0.05) is 0 Å². The van der Waals surface area contributed by atoms with Crippen molar-refractivity contribution < 1.29 is 9.84 Å². The van der Waals surface area contributed by atoms with Crippen LogP contribution >= 0.6 is 12.4 Å². The number of halogens is 1. The van der Waals surface area contributed by atoms with E-state index >= 15 is 0 Å². The number of aliphatic hydroxyl groups is 1. The highest BCUT2D eigenvalue weighted by molar-refractivity contribution is 5.85. The minimum Gasteiger partial charge on any atom is -0.390 e. The summed E-state index contributed by atoms with van der Waals surface area (Å²) >= 11 is 0. The van der Waals surface area contributed by atoms with Crippen molar-refractivity contribution in [2.75, 3.05) is 13.1 Å². The highest BCUT2D eigenvalue weighted by Gasteiger charge is 2.36. The lowest BCUT2D eigenvalue weighted by Gasteiger charge is -2.20. The van der Waals surface area contributed by atoms with Crippen LogP contribution in [0.2, 0.25) is 0 Å². The van der Waals surface area contributed by atoms with Gasteiger partial charge >= 0.3 is 0 Å². The smallest absolute Gasteiger partial charge is 0.0963 e. The van der Waals surface area contributed by atoms with E-state index in [-0.39, 0.29) is 30.7 Å². The normalized spacial score (nSPS) is 44.7. The zero-order valence-corrected chi connectivity index (χ0v) is 6.43. The van der Waals surface area contributed by atoms with E-state index in [0.717, 1.165) is 19.5 Å². The van der Waals surface area contributed by atoms with Crippen molar-refractivity contribution >= 4 is 12.4 Å². The summed E-state index contributed by atoms with van der Waals surface area (Å²) in [5, 5.41) is 12.4. The van der Waals surface area contributed by atoms with E-state index in [9.17, 15) is 5.11 Å². The Labute approximate surface area is 66.2 Å². The molecule has 2 bridgehead atoms. The third-order valence-electron chi connectivity index (χ3n) is 2.02. The predicted octanol–water partition coefficient (Wildman–Crippen LogP) is -0.470. The van der Waals surface area contributed by atoms with Crippen LogP contribution in [0.15, 0.2) is 0 Å². The van der Waals surface area contributed by atoms with Gasteiger partial charge < -0.3 is 15.2 Å². The maximum Gasteiger partial charge on any atom is 0.0963 e. The summed E-state index contributed by atoms with van der Waals surface area (Å²) in [4.78, 5) is 0.